The van der Waals surface area contributed by atoms with E-state index in [-0.39, 0.29) is 16.8 Å². The number of hydrogen-bond acceptors (Lipinski definition) is 2. The second-order valence-electron chi connectivity index (χ2n) is 4.93. The van der Waals surface area contributed by atoms with E-state index in [1.54, 1.807) is 19.1 Å². The molecule has 21 heavy (non-hydrogen) atoms. The SMILES string of the molecule is Cc1ccc(C(C)Nc2ccc(F)cc2C(N)=S)cc1F. The first-order valence-electron chi connectivity index (χ1n) is 6.50. The van der Waals surface area contributed by atoms with Gasteiger partial charge in [-0.2, -0.15) is 0 Å². The number of thiocarbonyl (C=S) groups is 1. The zero-order chi connectivity index (χ0) is 15.6. The predicted molar refractivity (Wildman–Crippen MR) is 85.5 cm³/mol. The molecule has 0 aliphatic heterocycles. The number of aryl methyl sites for hydroxylation is 1. The van der Waals surface area contributed by atoms with Crippen molar-refractivity contribution in [3.8, 4) is 0 Å². The van der Waals surface area contributed by atoms with Crippen LogP contribution in [0.25, 0.3) is 0 Å². The topological polar surface area (TPSA) is 38.0 Å². The highest BCUT2D eigenvalue weighted by atomic mass is 32.1. The van der Waals surface area contributed by atoms with Crippen LogP contribution in [0.4, 0.5) is 14.5 Å². The van der Waals surface area contributed by atoms with Crippen molar-refractivity contribution in [2.75, 3.05) is 5.32 Å². The summed E-state index contributed by atoms with van der Waals surface area (Å²) < 4.78 is 26.9. The molecule has 0 saturated heterocycles. The minimum atomic E-state index is -0.405. The number of anilines is 1. The van der Waals surface area contributed by atoms with Gasteiger partial charge in [-0.25, -0.2) is 8.78 Å². The third-order valence-corrected chi connectivity index (χ3v) is 3.53. The van der Waals surface area contributed by atoms with Crippen molar-refractivity contribution in [1.29, 1.82) is 0 Å². The normalized spacial score (nSPS) is 12.0. The average molecular weight is 306 g/mol. The zero-order valence-corrected chi connectivity index (χ0v) is 12.6. The fourth-order valence-electron chi connectivity index (χ4n) is 2.04. The molecule has 0 aromatic heterocycles. The first-order valence-corrected chi connectivity index (χ1v) is 6.91. The third-order valence-electron chi connectivity index (χ3n) is 3.31. The van der Waals surface area contributed by atoms with Gasteiger partial charge in [-0.1, -0.05) is 24.4 Å². The Labute approximate surface area is 128 Å². The van der Waals surface area contributed by atoms with Gasteiger partial charge in [0, 0.05) is 17.3 Å². The highest BCUT2D eigenvalue weighted by Crippen LogP contribution is 2.24. The molecule has 0 radical (unpaired) electrons. The van der Waals surface area contributed by atoms with Crippen molar-refractivity contribution < 1.29 is 8.78 Å². The largest absolute Gasteiger partial charge is 0.389 e. The van der Waals surface area contributed by atoms with E-state index < -0.39 is 5.82 Å². The summed E-state index contributed by atoms with van der Waals surface area (Å²) in [6, 6.07) is 9.07. The van der Waals surface area contributed by atoms with Crippen LogP contribution in [-0.4, -0.2) is 4.99 Å². The summed E-state index contributed by atoms with van der Waals surface area (Å²) >= 11 is 4.93. The van der Waals surface area contributed by atoms with E-state index in [9.17, 15) is 8.78 Å². The van der Waals surface area contributed by atoms with E-state index in [2.05, 4.69) is 5.32 Å². The summed E-state index contributed by atoms with van der Waals surface area (Å²) in [5.74, 6) is -0.660. The van der Waals surface area contributed by atoms with Crippen molar-refractivity contribution in [2.24, 2.45) is 5.73 Å². The Balaban J connectivity index is 2.29. The number of rotatable bonds is 4. The molecule has 1 atom stereocenters. The van der Waals surface area contributed by atoms with Gasteiger partial charge >= 0.3 is 0 Å². The molecule has 0 aliphatic carbocycles. The Morgan fingerprint density at radius 1 is 1.19 bits per heavy atom. The molecular weight excluding hydrogens is 290 g/mol. The summed E-state index contributed by atoms with van der Waals surface area (Å²) in [5, 5.41) is 3.18. The molecule has 2 nitrogen and oxygen atoms in total. The first-order chi connectivity index (χ1) is 9.88. The molecule has 0 heterocycles. The first kappa shape index (κ1) is 15.4. The monoisotopic (exact) mass is 306 g/mol. The van der Waals surface area contributed by atoms with Crippen molar-refractivity contribution in [3.63, 3.8) is 0 Å². The van der Waals surface area contributed by atoms with Gasteiger partial charge in [0.2, 0.25) is 0 Å². The molecule has 0 bridgehead atoms. The van der Waals surface area contributed by atoms with Gasteiger partial charge in [-0.05, 0) is 49.2 Å². The molecule has 0 aliphatic rings. The number of benzene rings is 2. The number of nitrogens with one attached hydrogen (secondary N) is 1. The maximum Gasteiger partial charge on any atom is 0.126 e. The smallest absolute Gasteiger partial charge is 0.126 e. The Morgan fingerprint density at radius 3 is 2.52 bits per heavy atom. The minimum Gasteiger partial charge on any atom is -0.389 e. The van der Waals surface area contributed by atoms with E-state index in [0.29, 0.717) is 16.8 Å². The maximum absolute atomic E-state index is 13.6. The lowest BCUT2D eigenvalue weighted by atomic mass is 10.0. The van der Waals surface area contributed by atoms with Crippen LogP contribution < -0.4 is 11.1 Å². The van der Waals surface area contributed by atoms with E-state index >= 15 is 0 Å². The molecule has 5 heteroatoms. The molecule has 2 rings (SSSR count). The van der Waals surface area contributed by atoms with E-state index in [1.165, 1.54) is 18.2 Å². The van der Waals surface area contributed by atoms with Crippen molar-refractivity contribution in [3.05, 3.63) is 64.7 Å². The molecule has 2 aromatic rings. The highest BCUT2D eigenvalue weighted by molar-refractivity contribution is 7.80. The molecule has 2 aromatic carbocycles. The summed E-state index contributed by atoms with van der Waals surface area (Å²) in [4.78, 5) is 0.110. The van der Waals surface area contributed by atoms with Gasteiger partial charge in [0.15, 0.2) is 0 Å². The summed E-state index contributed by atoms with van der Waals surface area (Å²) in [5.41, 5.74) is 8.05. The average Bonchev–Trinajstić information content (AvgIpc) is 2.43. The molecule has 110 valence electrons. The number of hydrogen-bond donors (Lipinski definition) is 2. The summed E-state index contributed by atoms with van der Waals surface area (Å²) in [6.45, 7) is 3.60. The maximum atomic E-state index is 13.6. The van der Waals surface area contributed by atoms with Gasteiger partial charge in [0.05, 0.1) is 0 Å². The number of nitrogens with two attached hydrogens (primary N) is 1. The molecule has 0 saturated carbocycles. The van der Waals surface area contributed by atoms with E-state index in [0.717, 1.165) is 5.56 Å². The van der Waals surface area contributed by atoms with E-state index in [4.69, 9.17) is 18.0 Å². The predicted octanol–water partition coefficient (Wildman–Crippen LogP) is 4.08. The van der Waals surface area contributed by atoms with Crippen LogP contribution in [0.1, 0.15) is 29.7 Å². The Morgan fingerprint density at radius 2 is 1.90 bits per heavy atom. The van der Waals surface area contributed by atoms with Gasteiger partial charge < -0.3 is 11.1 Å². The highest BCUT2D eigenvalue weighted by Gasteiger charge is 2.12. The fraction of sp³-hybridized carbons (Fsp3) is 0.188. The van der Waals surface area contributed by atoms with Crippen LogP contribution in [-0.2, 0) is 0 Å². The lowest BCUT2D eigenvalue weighted by molar-refractivity contribution is 0.614. The fourth-order valence-corrected chi connectivity index (χ4v) is 2.21. The molecule has 0 spiro atoms. The van der Waals surface area contributed by atoms with Gasteiger partial charge in [0.1, 0.15) is 16.6 Å². The van der Waals surface area contributed by atoms with E-state index in [1.807, 2.05) is 13.0 Å². The lowest BCUT2D eigenvalue weighted by Crippen LogP contribution is -2.15. The minimum absolute atomic E-state index is 0.110. The van der Waals surface area contributed by atoms with Gasteiger partial charge in [-0.15, -0.1) is 0 Å². The quantitative estimate of drug-likeness (QED) is 0.836. The molecular formula is C16H16F2N2S. The standard InChI is InChI=1S/C16H16F2N2S/c1-9-3-4-11(7-14(9)18)10(2)20-15-6-5-12(17)8-13(15)16(19)21/h3-8,10,20H,1-2H3,(H2,19,21). The lowest BCUT2D eigenvalue weighted by Gasteiger charge is -2.18. The third kappa shape index (κ3) is 3.55. The molecule has 1 unspecified atom stereocenters. The van der Waals surface area contributed by atoms with Crippen LogP contribution in [0.3, 0.4) is 0 Å². The molecule has 3 N–H and O–H groups in total. The Hall–Kier alpha value is -2.01. The van der Waals surface area contributed by atoms with Crippen LogP contribution in [0.2, 0.25) is 0 Å². The van der Waals surface area contributed by atoms with Crippen LogP contribution >= 0.6 is 12.2 Å². The van der Waals surface area contributed by atoms with Crippen LogP contribution in [0.5, 0.6) is 0 Å². The van der Waals surface area contributed by atoms with Crippen molar-refractivity contribution in [1.82, 2.24) is 0 Å². The second-order valence-corrected chi connectivity index (χ2v) is 5.37. The van der Waals surface area contributed by atoms with Crippen molar-refractivity contribution in [2.45, 2.75) is 19.9 Å². The van der Waals surface area contributed by atoms with Gasteiger partial charge in [0.25, 0.3) is 0 Å². The second kappa shape index (κ2) is 6.18. The van der Waals surface area contributed by atoms with Crippen molar-refractivity contribution >= 4 is 22.9 Å². The van der Waals surface area contributed by atoms with Gasteiger partial charge in [-0.3, -0.25) is 0 Å². The number of halogens is 2. The van der Waals surface area contributed by atoms with Crippen LogP contribution in [0, 0.1) is 18.6 Å². The Bertz CT molecular complexity index is 686. The zero-order valence-electron chi connectivity index (χ0n) is 11.8. The summed E-state index contributed by atoms with van der Waals surface area (Å²) in [6.07, 6.45) is 0. The molecule has 0 amide bonds. The Kier molecular flexibility index (Phi) is 4.53. The van der Waals surface area contributed by atoms with Crippen LogP contribution in [0.15, 0.2) is 36.4 Å². The molecule has 0 fully saturated rings. The summed E-state index contributed by atoms with van der Waals surface area (Å²) in [7, 11) is 0.